The van der Waals surface area contributed by atoms with Crippen molar-refractivity contribution in [1.82, 2.24) is 4.98 Å². The van der Waals surface area contributed by atoms with Gasteiger partial charge in [-0.25, -0.2) is 87.8 Å². The van der Waals surface area contributed by atoms with Crippen molar-refractivity contribution in [1.29, 1.82) is 0 Å². The van der Waals surface area contributed by atoms with Gasteiger partial charge < -0.3 is 0 Å². The van der Waals surface area contributed by atoms with Crippen LogP contribution in [0.15, 0.2) is 48.9 Å². The highest BCUT2D eigenvalue weighted by molar-refractivity contribution is 7.20. The molecule has 0 aliphatic heterocycles. The first kappa shape index (κ1) is 49.6. The summed E-state index contributed by atoms with van der Waals surface area (Å²) in [5.74, 6) is -71.2. The van der Waals surface area contributed by atoms with Crippen LogP contribution in [0.4, 0.5) is 87.8 Å². The molecule has 1 aliphatic carbocycles. The van der Waals surface area contributed by atoms with Gasteiger partial charge in [-0.2, -0.15) is 4.57 Å². The number of aromatic nitrogens is 2. The number of carbonyl (C=O) groups is 2. The van der Waals surface area contributed by atoms with Crippen molar-refractivity contribution in [3.8, 4) is 0 Å². The Labute approximate surface area is 361 Å². The van der Waals surface area contributed by atoms with Crippen LogP contribution in [0.3, 0.4) is 0 Å². The lowest BCUT2D eigenvalue weighted by Gasteiger charge is -2.44. The van der Waals surface area contributed by atoms with E-state index in [1.807, 2.05) is 18.2 Å². The predicted molar refractivity (Wildman–Crippen MR) is 191 cm³/mol. The second-order valence-electron chi connectivity index (χ2n) is 14.5. The molecule has 6 aromatic rings. The molecule has 352 valence electrons. The summed E-state index contributed by atoms with van der Waals surface area (Å²) in [5.41, 5.74) is -13.1. The highest BCUT2D eigenvalue weighted by atomic mass is 19.2. The molecule has 0 spiro atoms. The molecule has 25 heteroatoms. The molecule has 0 unspecified atom stereocenters. The quantitative estimate of drug-likeness (QED) is 0.0365. The van der Waals surface area contributed by atoms with Crippen LogP contribution in [-0.2, 0) is 6.54 Å². The molecule has 1 aromatic heterocycles. The van der Waals surface area contributed by atoms with Crippen molar-refractivity contribution < 1.29 is 102 Å². The summed E-state index contributed by atoms with van der Waals surface area (Å²) in [6.07, 6.45) is 1.80. The van der Waals surface area contributed by atoms with Crippen molar-refractivity contribution in [2.24, 2.45) is 5.92 Å². The molecule has 7 rings (SSSR count). The number of hydrogen-bond donors (Lipinski definition) is 0. The van der Waals surface area contributed by atoms with Gasteiger partial charge >= 0.3 is 0 Å². The van der Waals surface area contributed by atoms with E-state index in [9.17, 15) is 62.3 Å². The third-order valence-corrected chi connectivity index (χ3v) is 10.9. The van der Waals surface area contributed by atoms with Gasteiger partial charge in [0, 0.05) is 11.5 Å². The number of ketones is 2. The normalized spacial score (nSPS) is 13.0. The van der Waals surface area contributed by atoms with Crippen molar-refractivity contribution >= 4 is 39.6 Å². The number of nitrogens with zero attached hydrogens (tertiary/aromatic N) is 2. The molecule has 1 saturated carbocycles. The van der Waals surface area contributed by atoms with Gasteiger partial charge in [0.05, 0.1) is 6.20 Å². The summed E-state index contributed by atoms with van der Waals surface area (Å²) in [5, 5.41) is 0. The van der Waals surface area contributed by atoms with Gasteiger partial charge in [-0.3, -0.25) is 14.6 Å². The molecular weight excluding hydrogens is 955 g/mol. The maximum Gasteiger partial charge on any atom is 0.267 e. The van der Waals surface area contributed by atoms with Crippen molar-refractivity contribution in [2.45, 2.75) is 32.2 Å². The van der Waals surface area contributed by atoms with Crippen LogP contribution in [0.2, 0.25) is 0 Å². The molecule has 4 nitrogen and oxygen atoms in total. The monoisotopic (exact) mass is 974 g/mol. The third kappa shape index (κ3) is 8.04. The summed E-state index contributed by atoms with van der Waals surface area (Å²) < 4.78 is 296. The molecule has 0 saturated heterocycles. The molecule has 0 atom stereocenters. The lowest BCUT2D eigenvalue weighted by Crippen LogP contribution is -2.81. The topological polar surface area (TPSA) is 50.9 Å². The zero-order valence-corrected chi connectivity index (χ0v) is 32.6. The van der Waals surface area contributed by atoms with Gasteiger partial charge in [-0.05, 0) is 12.8 Å². The molecule has 0 radical (unpaired) electrons. The fraction of sp³-hybridized carbons (Fsp3) is 0.143. The molecule has 0 N–H and O–H groups in total. The average Bonchev–Trinajstić information content (AvgIpc) is 3.87. The van der Waals surface area contributed by atoms with Crippen LogP contribution in [0.5, 0.6) is 0 Å². The van der Waals surface area contributed by atoms with Gasteiger partial charge in [0.25, 0.3) is 5.69 Å². The van der Waals surface area contributed by atoms with Crippen LogP contribution in [-0.4, -0.2) is 22.7 Å². The number of carbonyl (C=O) groups excluding carboxylic acids is 2. The second kappa shape index (κ2) is 18.8. The molecule has 1 aliphatic rings. The smallest absolute Gasteiger partial charge is 0.267 e. The first-order chi connectivity index (χ1) is 31.5. The van der Waals surface area contributed by atoms with E-state index in [0.717, 1.165) is 25.7 Å². The Morgan fingerprint density at radius 2 is 0.761 bits per heavy atom. The van der Waals surface area contributed by atoms with E-state index < -0.39 is 144 Å². The predicted octanol–water partition coefficient (Wildman–Crippen LogP) is 8.47. The van der Waals surface area contributed by atoms with Crippen molar-refractivity contribution in [3.63, 3.8) is 0 Å². The summed E-state index contributed by atoms with van der Waals surface area (Å²) in [7, 11) is 0. The van der Waals surface area contributed by atoms with Crippen LogP contribution in [0, 0.1) is 122 Å². The zero-order chi connectivity index (χ0) is 49.7. The number of hydrogen-bond acceptors (Lipinski definition) is 3. The van der Waals surface area contributed by atoms with E-state index in [0.29, 0.717) is 11.3 Å². The molecule has 67 heavy (non-hydrogen) atoms. The largest absolute Gasteiger partial charge is 0.287 e. The Morgan fingerprint density at radius 1 is 0.463 bits per heavy atom. The third-order valence-electron chi connectivity index (χ3n) is 10.9. The van der Waals surface area contributed by atoms with Crippen molar-refractivity contribution in [2.75, 3.05) is 0 Å². The minimum absolute atomic E-state index is 0.00253. The van der Waals surface area contributed by atoms with Gasteiger partial charge in [0.1, 0.15) is 58.9 Å². The van der Waals surface area contributed by atoms with Gasteiger partial charge in [-0.15, -0.1) is 21.9 Å². The van der Waals surface area contributed by atoms with E-state index in [-0.39, 0.29) is 24.0 Å². The van der Waals surface area contributed by atoms with Gasteiger partial charge in [0.2, 0.25) is 18.1 Å². The van der Waals surface area contributed by atoms with Crippen LogP contribution in [0.1, 0.15) is 46.5 Å². The number of Topliss-reactive ketones (excluding diaryl/α,β-unsaturated/α-hetero) is 2. The van der Waals surface area contributed by atoms with E-state index in [1.54, 1.807) is 35.3 Å². The average molecular weight is 974 g/mol. The SMILES string of the molecule is Fc1c(F)c(F)c([B-](c2c(F)c(F)c(F)c(F)c2F)(c2c(F)c(F)c(F)c(F)c2F)c2c(F)c(F)c(F)c(F)c2F)c(F)c1F.O=C(C[n+]1ccncc1C(=O)C1CCCC1)c1ccccc1. The summed E-state index contributed by atoms with van der Waals surface area (Å²) >= 11 is 0. The van der Waals surface area contributed by atoms with Gasteiger partial charge in [0.15, 0.2) is 76.0 Å². The van der Waals surface area contributed by atoms with Crippen LogP contribution < -0.4 is 26.4 Å². The lowest BCUT2D eigenvalue weighted by atomic mass is 9.12. The van der Waals surface area contributed by atoms with Crippen molar-refractivity contribution in [3.05, 3.63) is 177 Å². The fourth-order valence-electron chi connectivity index (χ4n) is 7.87. The first-order valence-electron chi connectivity index (χ1n) is 18.6. The highest BCUT2D eigenvalue weighted by Crippen LogP contribution is 2.31. The van der Waals surface area contributed by atoms with Crippen LogP contribution >= 0.6 is 0 Å². The van der Waals surface area contributed by atoms with E-state index in [2.05, 4.69) is 4.98 Å². The van der Waals surface area contributed by atoms with Crippen LogP contribution in [0.25, 0.3) is 0 Å². The first-order valence-corrected chi connectivity index (χ1v) is 18.6. The molecular formula is C42H19BF20N2O2. The van der Waals surface area contributed by atoms with E-state index in [4.69, 9.17) is 0 Å². The minimum Gasteiger partial charge on any atom is -0.287 e. The Bertz CT molecular complexity index is 2620. The second-order valence-corrected chi connectivity index (χ2v) is 14.5. The van der Waals surface area contributed by atoms with E-state index in [1.165, 1.54) is 0 Å². The highest BCUT2D eigenvalue weighted by Gasteiger charge is 2.52. The Hall–Kier alpha value is -6.82. The number of benzene rings is 5. The van der Waals surface area contributed by atoms with E-state index >= 15 is 35.1 Å². The molecule has 1 fully saturated rings. The zero-order valence-electron chi connectivity index (χ0n) is 32.6. The molecule has 1 heterocycles. The Balaban J connectivity index is 0.000000279. The summed E-state index contributed by atoms with van der Waals surface area (Å²) in [6.45, 7) is 0.167. The molecule has 0 bridgehead atoms. The lowest BCUT2D eigenvalue weighted by molar-refractivity contribution is -0.685. The minimum atomic E-state index is -7.22. The molecule has 0 amide bonds. The number of rotatable bonds is 9. The maximum atomic E-state index is 15.4. The Morgan fingerprint density at radius 3 is 1.07 bits per heavy atom. The maximum absolute atomic E-state index is 15.4. The fourth-order valence-corrected chi connectivity index (χ4v) is 7.87. The summed E-state index contributed by atoms with van der Waals surface area (Å²) in [4.78, 5) is 29.0. The Kier molecular flexibility index (Phi) is 13.9. The number of halogens is 20. The standard InChI is InChI=1S/C24BF20.C18H19N2O2/c26-5-1(6(27)14(35)21(42)13(5)34)25(2-7(28)15(36)22(43)16(37)8(2)29,3-9(30)17(38)23(44)18(39)10(3)31)4-11(32)19(40)24(45)20(41)12(4)33;21-17(14-6-2-1-3-7-14)13-20-11-10-19-12-16(20)18(22)15-8-4-5-9-15/h;1-3,6-7,10-12,15H,4-5,8-9,13H2/q-1;+1. The van der Waals surface area contributed by atoms with Gasteiger partial charge in [-0.1, -0.05) is 43.2 Å². The molecule has 5 aromatic carbocycles. The summed E-state index contributed by atoms with van der Waals surface area (Å²) in [6, 6.07) is 9.15.